The number of rotatable bonds is 8. The second-order valence-corrected chi connectivity index (χ2v) is 8.96. The molecule has 0 aliphatic carbocycles. The lowest BCUT2D eigenvalue weighted by molar-refractivity contribution is -0.133. The number of hydrogen-bond donors (Lipinski definition) is 1. The SMILES string of the molecule is CC(C)OCCCNC(=O)[C@@]1(C)Cn2c(cc3ccccc32)C(=O)N1Cc1ccccc1F. The number of carbonyl (C=O) groups excluding carboxylic acids is 2. The highest BCUT2D eigenvalue weighted by atomic mass is 19.1. The molecule has 1 aliphatic heterocycles. The maximum absolute atomic E-state index is 14.5. The lowest BCUT2D eigenvalue weighted by atomic mass is 9.93. The predicted molar refractivity (Wildman–Crippen MR) is 125 cm³/mol. The van der Waals surface area contributed by atoms with E-state index in [0.717, 1.165) is 10.9 Å². The zero-order valence-electron chi connectivity index (χ0n) is 19.3. The first-order chi connectivity index (χ1) is 15.8. The minimum absolute atomic E-state index is 0.00735. The normalized spacial score (nSPS) is 18.1. The molecule has 174 valence electrons. The minimum Gasteiger partial charge on any atom is -0.379 e. The third-order valence-electron chi connectivity index (χ3n) is 6.17. The molecule has 1 aliphatic rings. The van der Waals surface area contributed by atoms with Gasteiger partial charge in [-0.2, -0.15) is 0 Å². The van der Waals surface area contributed by atoms with Crippen LogP contribution in [0.5, 0.6) is 0 Å². The Morgan fingerprint density at radius 1 is 1.18 bits per heavy atom. The van der Waals surface area contributed by atoms with Crippen molar-refractivity contribution >= 4 is 22.7 Å². The van der Waals surface area contributed by atoms with Crippen LogP contribution in [0.2, 0.25) is 0 Å². The topological polar surface area (TPSA) is 63.6 Å². The summed E-state index contributed by atoms with van der Waals surface area (Å²) in [6.07, 6.45) is 0.796. The lowest BCUT2D eigenvalue weighted by Crippen LogP contribution is -2.63. The number of nitrogens with zero attached hydrogens (tertiary/aromatic N) is 2. The summed E-state index contributed by atoms with van der Waals surface area (Å²) < 4.78 is 21.9. The van der Waals surface area contributed by atoms with Crippen LogP contribution in [0.1, 0.15) is 43.2 Å². The van der Waals surface area contributed by atoms with Gasteiger partial charge in [0.25, 0.3) is 5.91 Å². The molecule has 6 nitrogen and oxygen atoms in total. The molecule has 2 amide bonds. The third kappa shape index (κ3) is 4.50. The average molecular weight is 452 g/mol. The Bertz CT molecular complexity index is 1170. The van der Waals surface area contributed by atoms with Gasteiger partial charge >= 0.3 is 0 Å². The van der Waals surface area contributed by atoms with Crippen molar-refractivity contribution in [3.63, 3.8) is 0 Å². The van der Waals surface area contributed by atoms with E-state index in [4.69, 9.17) is 4.74 Å². The largest absolute Gasteiger partial charge is 0.379 e. The maximum atomic E-state index is 14.5. The van der Waals surface area contributed by atoms with Gasteiger partial charge in [0, 0.05) is 29.6 Å². The van der Waals surface area contributed by atoms with E-state index in [9.17, 15) is 14.0 Å². The van der Waals surface area contributed by atoms with E-state index in [0.29, 0.717) is 30.8 Å². The van der Waals surface area contributed by atoms with E-state index in [1.165, 1.54) is 11.0 Å². The van der Waals surface area contributed by atoms with Gasteiger partial charge < -0.3 is 19.5 Å². The number of carbonyl (C=O) groups is 2. The van der Waals surface area contributed by atoms with E-state index in [1.54, 1.807) is 25.1 Å². The Balaban J connectivity index is 1.66. The molecule has 0 saturated carbocycles. The average Bonchev–Trinajstić information content (AvgIpc) is 3.15. The summed E-state index contributed by atoms with van der Waals surface area (Å²) >= 11 is 0. The van der Waals surface area contributed by atoms with Crippen LogP contribution in [-0.4, -0.2) is 46.1 Å². The molecule has 1 atom stereocenters. The zero-order valence-corrected chi connectivity index (χ0v) is 19.3. The Kier molecular flexibility index (Phi) is 6.51. The number of benzene rings is 2. The number of ether oxygens (including phenoxy) is 1. The molecule has 0 saturated heterocycles. The third-order valence-corrected chi connectivity index (χ3v) is 6.17. The summed E-state index contributed by atoms with van der Waals surface area (Å²) in [6, 6.07) is 15.9. The first-order valence-corrected chi connectivity index (χ1v) is 11.3. The molecule has 4 rings (SSSR count). The molecule has 0 spiro atoms. The number of nitrogens with one attached hydrogen (secondary N) is 1. The van der Waals surface area contributed by atoms with Gasteiger partial charge in [0.1, 0.15) is 17.1 Å². The van der Waals surface area contributed by atoms with Crippen LogP contribution in [0.25, 0.3) is 10.9 Å². The quantitative estimate of drug-likeness (QED) is 0.524. The fourth-order valence-corrected chi connectivity index (χ4v) is 4.33. The van der Waals surface area contributed by atoms with Crippen LogP contribution in [-0.2, 0) is 22.6 Å². The van der Waals surface area contributed by atoms with Crippen molar-refractivity contribution in [1.82, 2.24) is 14.8 Å². The number of halogens is 1. The van der Waals surface area contributed by atoms with E-state index >= 15 is 0 Å². The molecule has 2 heterocycles. The van der Waals surface area contributed by atoms with Crippen molar-refractivity contribution in [1.29, 1.82) is 0 Å². The molecule has 3 aromatic rings. The highest BCUT2D eigenvalue weighted by Crippen LogP contribution is 2.33. The van der Waals surface area contributed by atoms with E-state index < -0.39 is 11.4 Å². The Morgan fingerprint density at radius 3 is 2.67 bits per heavy atom. The molecular weight excluding hydrogens is 421 g/mol. The number of para-hydroxylation sites is 1. The molecule has 0 fully saturated rings. The Labute approximate surface area is 193 Å². The number of amides is 2. The first kappa shape index (κ1) is 23.0. The molecule has 2 aromatic carbocycles. The Morgan fingerprint density at radius 2 is 1.91 bits per heavy atom. The number of fused-ring (bicyclic) bond motifs is 3. The Hall–Kier alpha value is -3.19. The molecule has 33 heavy (non-hydrogen) atoms. The summed E-state index contributed by atoms with van der Waals surface area (Å²) in [7, 11) is 0. The maximum Gasteiger partial charge on any atom is 0.271 e. The van der Waals surface area contributed by atoms with Gasteiger partial charge in [-0.15, -0.1) is 0 Å². The van der Waals surface area contributed by atoms with Crippen LogP contribution >= 0.6 is 0 Å². The highest BCUT2D eigenvalue weighted by Gasteiger charge is 2.47. The van der Waals surface area contributed by atoms with Crippen molar-refractivity contribution in [3.8, 4) is 0 Å². The van der Waals surface area contributed by atoms with Crippen LogP contribution < -0.4 is 5.32 Å². The predicted octanol–water partition coefficient (Wildman–Crippen LogP) is 4.13. The van der Waals surface area contributed by atoms with E-state index in [1.807, 2.05) is 48.7 Å². The van der Waals surface area contributed by atoms with Gasteiger partial charge in [-0.05, 0) is 45.4 Å². The van der Waals surface area contributed by atoms with Crippen molar-refractivity contribution in [3.05, 3.63) is 71.7 Å². The van der Waals surface area contributed by atoms with Gasteiger partial charge in [-0.3, -0.25) is 9.59 Å². The summed E-state index contributed by atoms with van der Waals surface area (Å²) in [5, 5.41) is 3.90. The zero-order chi connectivity index (χ0) is 23.6. The fraction of sp³-hybridized carbons (Fsp3) is 0.385. The minimum atomic E-state index is -1.19. The highest BCUT2D eigenvalue weighted by molar-refractivity contribution is 6.03. The fourth-order valence-electron chi connectivity index (χ4n) is 4.33. The van der Waals surface area contributed by atoms with Crippen LogP contribution in [0.4, 0.5) is 4.39 Å². The monoisotopic (exact) mass is 451 g/mol. The van der Waals surface area contributed by atoms with Gasteiger partial charge in [-0.1, -0.05) is 36.4 Å². The van der Waals surface area contributed by atoms with Crippen molar-refractivity contribution < 1.29 is 18.7 Å². The van der Waals surface area contributed by atoms with Crippen LogP contribution in [0, 0.1) is 5.82 Å². The summed E-state index contributed by atoms with van der Waals surface area (Å²) in [4.78, 5) is 28.6. The second kappa shape index (κ2) is 9.35. The molecule has 0 radical (unpaired) electrons. The molecule has 1 aromatic heterocycles. The first-order valence-electron chi connectivity index (χ1n) is 11.3. The van der Waals surface area contributed by atoms with Crippen molar-refractivity contribution in [2.24, 2.45) is 0 Å². The molecule has 7 heteroatoms. The summed E-state index contributed by atoms with van der Waals surface area (Å²) in [6.45, 7) is 6.95. The van der Waals surface area contributed by atoms with Gasteiger partial charge in [-0.25, -0.2) is 4.39 Å². The summed E-state index contributed by atoms with van der Waals surface area (Å²) in [5.41, 5.74) is 0.589. The van der Waals surface area contributed by atoms with Gasteiger partial charge in [0.05, 0.1) is 19.2 Å². The lowest BCUT2D eigenvalue weighted by Gasteiger charge is -2.44. The summed E-state index contributed by atoms with van der Waals surface area (Å²) in [5.74, 6) is -0.952. The van der Waals surface area contributed by atoms with Crippen LogP contribution in [0.3, 0.4) is 0 Å². The van der Waals surface area contributed by atoms with Gasteiger partial charge in [0.2, 0.25) is 5.91 Å². The number of aromatic nitrogens is 1. The molecule has 1 N–H and O–H groups in total. The molecule has 0 unspecified atom stereocenters. The molecule has 0 bridgehead atoms. The van der Waals surface area contributed by atoms with E-state index in [2.05, 4.69) is 5.32 Å². The van der Waals surface area contributed by atoms with Crippen LogP contribution in [0.15, 0.2) is 54.6 Å². The van der Waals surface area contributed by atoms with Crippen molar-refractivity contribution in [2.45, 2.75) is 51.9 Å². The smallest absolute Gasteiger partial charge is 0.271 e. The number of hydrogen-bond acceptors (Lipinski definition) is 3. The second-order valence-electron chi connectivity index (χ2n) is 8.96. The van der Waals surface area contributed by atoms with E-state index in [-0.39, 0.29) is 31.0 Å². The molecular formula is C26H30FN3O3. The van der Waals surface area contributed by atoms with Gasteiger partial charge in [0.15, 0.2) is 0 Å². The standard InChI is InChI=1S/C26H30FN3O3/c1-18(2)33-14-8-13-28-25(32)26(3)17-29-22-12-7-5-9-19(22)15-23(29)24(31)30(26)16-20-10-4-6-11-21(20)27/h4-7,9-12,15,18H,8,13-14,16-17H2,1-3H3,(H,28,32)/t26-/m1/s1. The van der Waals surface area contributed by atoms with Crippen molar-refractivity contribution in [2.75, 3.05) is 13.2 Å².